The Labute approximate surface area is 117 Å². The highest BCUT2D eigenvalue weighted by Crippen LogP contribution is 2.20. The van der Waals surface area contributed by atoms with Gasteiger partial charge in [0.1, 0.15) is 0 Å². The van der Waals surface area contributed by atoms with Crippen molar-refractivity contribution in [3.05, 3.63) is 59.8 Å². The Morgan fingerprint density at radius 2 is 1.89 bits per heavy atom. The van der Waals surface area contributed by atoms with Gasteiger partial charge in [-0.25, -0.2) is 4.98 Å². The maximum Gasteiger partial charge on any atom is 0.253 e. The van der Waals surface area contributed by atoms with Gasteiger partial charge >= 0.3 is 0 Å². The minimum atomic E-state index is 0.0314. The molecule has 0 aliphatic rings. The highest BCUT2D eigenvalue weighted by molar-refractivity contribution is 7.98. The van der Waals surface area contributed by atoms with Crippen molar-refractivity contribution in [1.82, 2.24) is 9.88 Å². The average Bonchev–Trinajstić information content (AvgIpc) is 2.46. The van der Waals surface area contributed by atoms with Crippen LogP contribution in [0.2, 0.25) is 0 Å². The van der Waals surface area contributed by atoms with Crippen molar-refractivity contribution in [2.24, 2.45) is 0 Å². The van der Waals surface area contributed by atoms with Gasteiger partial charge in [-0.05, 0) is 29.8 Å². The molecule has 4 heteroatoms. The van der Waals surface area contributed by atoms with Crippen LogP contribution >= 0.6 is 11.8 Å². The zero-order valence-corrected chi connectivity index (χ0v) is 11.9. The molecule has 0 aliphatic heterocycles. The zero-order valence-electron chi connectivity index (χ0n) is 11.0. The number of carbonyl (C=O) groups is 1. The molecule has 0 spiro atoms. The van der Waals surface area contributed by atoms with Gasteiger partial charge in [0.25, 0.3) is 5.91 Å². The first-order valence-corrected chi connectivity index (χ1v) is 7.00. The molecule has 98 valence electrons. The monoisotopic (exact) mass is 272 g/mol. The lowest BCUT2D eigenvalue weighted by Crippen LogP contribution is -2.21. The van der Waals surface area contributed by atoms with Crippen LogP contribution in [0.15, 0.2) is 53.7 Å². The zero-order chi connectivity index (χ0) is 13.7. The fourth-order valence-corrected chi connectivity index (χ4v) is 2.41. The standard InChI is InChI=1S/C15H16N2OS/c1-17(2)15(18)13-8-6-12(7-9-13)11-19-14-5-3-4-10-16-14/h3-10H,11H2,1-2H3. The molecule has 0 bridgehead atoms. The summed E-state index contributed by atoms with van der Waals surface area (Å²) in [6.07, 6.45) is 1.79. The lowest BCUT2D eigenvalue weighted by atomic mass is 10.1. The van der Waals surface area contributed by atoms with E-state index in [1.165, 1.54) is 5.56 Å². The molecule has 2 aromatic rings. The Bertz CT molecular complexity index is 538. The first-order valence-electron chi connectivity index (χ1n) is 6.01. The average molecular weight is 272 g/mol. The van der Waals surface area contributed by atoms with Gasteiger partial charge in [-0.3, -0.25) is 4.79 Å². The van der Waals surface area contributed by atoms with Crippen molar-refractivity contribution < 1.29 is 4.79 Å². The van der Waals surface area contributed by atoms with Crippen LogP contribution in [0.4, 0.5) is 0 Å². The molecule has 19 heavy (non-hydrogen) atoms. The summed E-state index contributed by atoms with van der Waals surface area (Å²) >= 11 is 1.69. The number of hydrogen-bond acceptors (Lipinski definition) is 3. The maximum absolute atomic E-state index is 11.7. The van der Waals surface area contributed by atoms with Crippen LogP contribution in [0.25, 0.3) is 0 Å². The normalized spacial score (nSPS) is 10.2. The summed E-state index contributed by atoms with van der Waals surface area (Å²) in [5.74, 6) is 0.886. The van der Waals surface area contributed by atoms with Crippen molar-refractivity contribution >= 4 is 17.7 Å². The molecule has 0 saturated heterocycles. The van der Waals surface area contributed by atoms with E-state index in [0.29, 0.717) is 0 Å². The molecular formula is C15H16N2OS. The van der Waals surface area contributed by atoms with Gasteiger partial charge < -0.3 is 4.90 Å². The molecule has 0 fully saturated rings. The summed E-state index contributed by atoms with van der Waals surface area (Å²) in [5, 5.41) is 1.01. The number of nitrogens with zero attached hydrogens (tertiary/aromatic N) is 2. The minimum Gasteiger partial charge on any atom is -0.345 e. The number of rotatable bonds is 4. The molecule has 0 saturated carbocycles. The molecule has 0 radical (unpaired) electrons. The molecule has 3 nitrogen and oxygen atoms in total. The Kier molecular flexibility index (Phi) is 4.58. The van der Waals surface area contributed by atoms with Crippen molar-refractivity contribution in [1.29, 1.82) is 0 Å². The van der Waals surface area contributed by atoms with Gasteiger partial charge in [-0.1, -0.05) is 18.2 Å². The number of hydrogen-bond donors (Lipinski definition) is 0. The molecule has 1 aromatic carbocycles. The highest BCUT2D eigenvalue weighted by Gasteiger charge is 2.07. The van der Waals surface area contributed by atoms with Gasteiger partial charge in [0.2, 0.25) is 0 Å². The van der Waals surface area contributed by atoms with Gasteiger partial charge in [0.05, 0.1) is 5.03 Å². The predicted octanol–water partition coefficient (Wildman–Crippen LogP) is 3.08. The molecule has 1 amide bonds. The first kappa shape index (κ1) is 13.6. The van der Waals surface area contributed by atoms with E-state index in [4.69, 9.17) is 0 Å². The predicted molar refractivity (Wildman–Crippen MR) is 78.3 cm³/mol. The lowest BCUT2D eigenvalue weighted by Gasteiger charge is -2.10. The van der Waals surface area contributed by atoms with E-state index < -0.39 is 0 Å². The fourth-order valence-electron chi connectivity index (χ4n) is 1.59. The molecule has 1 aromatic heterocycles. The Morgan fingerprint density at radius 1 is 1.16 bits per heavy atom. The number of benzene rings is 1. The fraction of sp³-hybridized carbons (Fsp3) is 0.200. The van der Waals surface area contributed by atoms with E-state index in [1.807, 2.05) is 42.5 Å². The number of pyridine rings is 1. The maximum atomic E-state index is 11.7. The van der Waals surface area contributed by atoms with Gasteiger partial charge in [-0.15, -0.1) is 11.8 Å². The van der Waals surface area contributed by atoms with Crippen molar-refractivity contribution in [3.63, 3.8) is 0 Å². The molecule has 0 aliphatic carbocycles. The Morgan fingerprint density at radius 3 is 2.47 bits per heavy atom. The van der Waals surface area contributed by atoms with Crippen LogP contribution in [-0.2, 0) is 5.75 Å². The summed E-state index contributed by atoms with van der Waals surface area (Å²) in [4.78, 5) is 17.6. The summed E-state index contributed by atoms with van der Waals surface area (Å²) in [5.41, 5.74) is 1.91. The van der Waals surface area contributed by atoms with E-state index in [1.54, 1.807) is 37.0 Å². The summed E-state index contributed by atoms with van der Waals surface area (Å²) in [7, 11) is 3.51. The largest absolute Gasteiger partial charge is 0.345 e. The third-order valence-electron chi connectivity index (χ3n) is 2.63. The van der Waals surface area contributed by atoms with E-state index in [0.717, 1.165) is 16.3 Å². The van der Waals surface area contributed by atoms with Crippen LogP contribution in [0, 0.1) is 0 Å². The lowest BCUT2D eigenvalue weighted by molar-refractivity contribution is 0.0827. The van der Waals surface area contributed by atoms with Crippen LogP contribution in [0.1, 0.15) is 15.9 Å². The van der Waals surface area contributed by atoms with Gasteiger partial charge in [0, 0.05) is 31.6 Å². The van der Waals surface area contributed by atoms with Crippen LogP contribution < -0.4 is 0 Å². The highest BCUT2D eigenvalue weighted by atomic mass is 32.2. The summed E-state index contributed by atoms with van der Waals surface area (Å²) in [6.45, 7) is 0. The van der Waals surface area contributed by atoms with Crippen LogP contribution in [-0.4, -0.2) is 29.9 Å². The first-order chi connectivity index (χ1) is 9.16. The molecule has 0 atom stereocenters. The Hall–Kier alpha value is -1.81. The molecule has 2 rings (SSSR count). The van der Waals surface area contributed by atoms with Gasteiger partial charge in [-0.2, -0.15) is 0 Å². The number of aromatic nitrogens is 1. The van der Waals surface area contributed by atoms with Crippen LogP contribution in [0.3, 0.4) is 0 Å². The van der Waals surface area contributed by atoms with Crippen molar-refractivity contribution in [3.8, 4) is 0 Å². The molecule has 1 heterocycles. The molecular weight excluding hydrogens is 256 g/mol. The summed E-state index contributed by atoms with van der Waals surface area (Å²) in [6, 6.07) is 13.6. The SMILES string of the molecule is CN(C)C(=O)c1ccc(CSc2ccccn2)cc1. The quantitative estimate of drug-likeness (QED) is 0.802. The third-order valence-corrected chi connectivity index (χ3v) is 3.65. The topological polar surface area (TPSA) is 33.2 Å². The van der Waals surface area contributed by atoms with Gasteiger partial charge in [0.15, 0.2) is 0 Å². The smallest absolute Gasteiger partial charge is 0.253 e. The number of thioether (sulfide) groups is 1. The second-order valence-electron chi connectivity index (χ2n) is 4.35. The van der Waals surface area contributed by atoms with Crippen LogP contribution in [0.5, 0.6) is 0 Å². The Balaban J connectivity index is 1.98. The van der Waals surface area contributed by atoms with E-state index in [2.05, 4.69) is 4.98 Å². The van der Waals surface area contributed by atoms with E-state index in [-0.39, 0.29) is 5.91 Å². The summed E-state index contributed by atoms with van der Waals surface area (Å²) < 4.78 is 0. The number of amides is 1. The molecule has 0 N–H and O–H groups in total. The van der Waals surface area contributed by atoms with Crippen molar-refractivity contribution in [2.75, 3.05) is 14.1 Å². The third kappa shape index (κ3) is 3.83. The van der Waals surface area contributed by atoms with E-state index >= 15 is 0 Å². The molecule has 0 unspecified atom stereocenters. The van der Waals surface area contributed by atoms with E-state index in [9.17, 15) is 4.79 Å². The second kappa shape index (κ2) is 6.38. The second-order valence-corrected chi connectivity index (χ2v) is 5.35. The van der Waals surface area contributed by atoms with Crippen molar-refractivity contribution in [2.45, 2.75) is 10.8 Å². The minimum absolute atomic E-state index is 0.0314. The number of carbonyl (C=O) groups excluding carboxylic acids is 1.